The number of carbonyl (C=O) groups excluding carboxylic acids is 3. The van der Waals surface area contributed by atoms with Crippen molar-refractivity contribution in [2.24, 2.45) is 11.7 Å². The highest BCUT2D eigenvalue weighted by Gasteiger charge is 2.20. The summed E-state index contributed by atoms with van der Waals surface area (Å²) in [5.74, 6) is -1.60. The Morgan fingerprint density at radius 2 is 1.88 bits per heavy atom. The maximum Gasteiger partial charge on any atom is 0.305 e. The number of methoxy groups -OCH3 is 1. The maximum absolute atomic E-state index is 11.3. The van der Waals surface area contributed by atoms with Crippen molar-refractivity contribution in [3.63, 3.8) is 0 Å². The number of esters is 1. The molecule has 6 nitrogen and oxygen atoms in total. The summed E-state index contributed by atoms with van der Waals surface area (Å²) in [6.07, 6.45) is 0.197. The lowest BCUT2D eigenvalue weighted by atomic mass is 10.1. The minimum Gasteiger partial charge on any atom is -0.469 e. The van der Waals surface area contributed by atoms with Crippen molar-refractivity contribution in [2.45, 2.75) is 32.7 Å². The average molecular weight is 230 g/mol. The van der Waals surface area contributed by atoms with E-state index in [2.05, 4.69) is 10.1 Å². The van der Waals surface area contributed by atoms with Gasteiger partial charge in [-0.15, -0.1) is 0 Å². The smallest absolute Gasteiger partial charge is 0.305 e. The van der Waals surface area contributed by atoms with E-state index in [1.165, 1.54) is 7.11 Å². The minimum absolute atomic E-state index is 0.0441. The largest absolute Gasteiger partial charge is 0.469 e. The van der Waals surface area contributed by atoms with E-state index in [1.54, 1.807) is 13.8 Å². The number of nitrogens with two attached hydrogens (primary N) is 1. The summed E-state index contributed by atoms with van der Waals surface area (Å²) >= 11 is 0. The third kappa shape index (κ3) is 5.33. The SMILES string of the molecule is COC(=O)CC[C@@H](NC(=O)C(C)C)C(N)=O. The Morgan fingerprint density at radius 1 is 1.31 bits per heavy atom. The molecule has 0 fully saturated rings. The van der Waals surface area contributed by atoms with Gasteiger partial charge in [0.05, 0.1) is 7.11 Å². The van der Waals surface area contributed by atoms with Crippen molar-refractivity contribution >= 4 is 17.8 Å². The van der Waals surface area contributed by atoms with Gasteiger partial charge >= 0.3 is 5.97 Å². The molecule has 0 radical (unpaired) electrons. The van der Waals surface area contributed by atoms with Gasteiger partial charge in [-0.2, -0.15) is 0 Å². The van der Waals surface area contributed by atoms with Gasteiger partial charge in [0.15, 0.2) is 0 Å². The molecule has 0 spiro atoms. The average Bonchev–Trinajstić information content (AvgIpc) is 2.22. The zero-order valence-corrected chi connectivity index (χ0v) is 9.78. The van der Waals surface area contributed by atoms with Crippen molar-refractivity contribution < 1.29 is 19.1 Å². The van der Waals surface area contributed by atoms with Crippen LogP contribution in [0.3, 0.4) is 0 Å². The van der Waals surface area contributed by atoms with Crippen molar-refractivity contribution in [1.82, 2.24) is 5.32 Å². The summed E-state index contributed by atoms with van der Waals surface area (Å²) in [6.45, 7) is 3.40. The normalized spacial score (nSPS) is 12.0. The molecule has 0 aromatic carbocycles. The van der Waals surface area contributed by atoms with Gasteiger partial charge in [-0.25, -0.2) is 0 Å². The van der Waals surface area contributed by atoms with Crippen molar-refractivity contribution in [1.29, 1.82) is 0 Å². The standard InChI is InChI=1S/C10H18N2O4/c1-6(2)10(15)12-7(9(11)14)4-5-8(13)16-3/h6-7H,4-5H2,1-3H3,(H2,11,14)(H,12,15)/t7-/m1/s1. The third-order valence-corrected chi connectivity index (χ3v) is 2.05. The number of amides is 2. The molecule has 1 atom stereocenters. The molecule has 0 aliphatic carbocycles. The molecule has 0 bridgehead atoms. The Kier molecular flexibility index (Phi) is 6.14. The maximum atomic E-state index is 11.3. The predicted octanol–water partition coefficient (Wildman–Crippen LogP) is -0.434. The van der Waals surface area contributed by atoms with Gasteiger partial charge in [0.1, 0.15) is 6.04 Å². The van der Waals surface area contributed by atoms with E-state index < -0.39 is 17.9 Å². The van der Waals surface area contributed by atoms with Gasteiger partial charge in [0.25, 0.3) is 0 Å². The topological polar surface area (TPSA) is 98.5 Å². The van der Waals surface area contributed by atoms with Crippen LogP contribution in [0.25, 0.3) is 0 Å². The van der Waals surface area contributed by atoms with Gasteiger partial charge in [-0.05, 0) is 6.42 Å². The van der Waals surface area contributed by atoms with E-state index in [0.29, 0.717) is 0 Å². The zero-order valence-electron chi connectivity index (χ0n) is 9.78. The van der Waals surface area contributed by atoms with Gasteiger partial charge in [-0.3, -0.25) is 14.4 Å². The lowest BCUT2D eigenvalue weighted by Gasteiger charge is -2.16. The molecule has 2 amide bonds. The molecule has 0 aliphatic rings. The first-order valence-corrected chi connectivity index (χ1v) is 5.05. The number of nitrogens with one attached hydrogen (secondary N) is 1. The van der Waals surface area contributed by atoms with E-state index in [4.69, 9.17) is 5.73 Å². The molecule has 6 heteroatoms. The molecule has 0 saturated heterocycles. The highest BCUT2D eigenvalue weighted by molar-refractivity contribution is 5.87. The Balaban J connectivity index is 4.24. The second kappa shape index (κ2) is 6.81. The van der Waals surface area contributed by atoms with Gasteiger partial charge < -0.3 is 15.8 Å². The summed E-state index contributed by atoms with van der Waals surface area (Å²) in [5, 5.41) is 2.47. The summed E-state index contributed by atoms with van der Waals surface area (Å²) < 4.78 is 4.43. The van der Waals surface area contributed by atoms with Crippen LogP contribution in [0.1, 0.15) is 26.7 Å². The van der Waals surface area contributed by atoms with E-state index in [1.807, 2.05) is 0 Å². The van der Waals surface area contributed by atoms with Crippen LogP contribution in [0.5, 0.6) is 0 Å². The molecule has 0 unspecified atom stereocenters. The molecule has 92 valence electrons. The minimum atomic E-state index is -0.825. The Morgan fingerprint density at radius 3 is 2.25 bits per heavy atom. The highest BCUT2D eigenvalue weighted by Crippen LogP contribution is 2.01. The second-order valence-corrected chi connectivity index (χ2v) is 3.73. The van der Waals surface area contributed by atoms with Gasteiger partial charge in [0.2, 0.25) is 11.8 Å². The number of rotatable bonds is 6. The fourth-order valence-electron chi connectivity index (χ4n) is 0.988. The fraction of sp³-hybridized carbons (Fsp3) is 0.700. The third-order valence-electron chi connectivity index (χ3n) is 2.05. The van der Waals surface area contributed by atoms with Crippen molar-refractivity contribution in [3.05, 3.63) is 0 Å². The number of hydrogen-bond acceptors (Lipinski definition) is 4. The van der Waals surface area contributed by atoms with E-state index in [-0.39, 0.29) is 24.7 Å². The van der Waals surface area contributed by atoms with Crippen molar-refractivity contribution in [3.8, 4) is 0 Å². The van der Waals surface area contributed by atoms with Crippen LogP contribution in [0.4, 0.5) is 0 Å². The molecule has 0 aliphatic heterocycles. The highest BCUT2D eigenvalue weighted by atomic mass is 16.5. The van der Waals surface area contributed by atoms with Crippen LogP contribution in [-0.2, 0) is 19.1 Å². The number of ether oxygens (including phenoxy) is 1. The van der Waals surface area contributed by atoms with Crippen LogP contribution < -0.4 is 11.1 Å². The van der Waals surface area contributed by atoms with E-state index in [9.17, 15) is 14.4 Å². The molecule has 0 saturated carbocycles. The second-order valence-electron chi connectivity index (χ2n) is 3.73. The quantitative estimate of drug-likeness (QED) is 0.604. The summed E-state index contributed by atoms with van der Waals surface area (Å²) in [5.41, 5.74) is 5.11. The molecular formula is C10H18N2O4. The van der Waals surface area contributed by atoms with E-state index in [0.717, 1.165) is 0 Å². The van der Waals surface area contributed by atoms with Crippen molar-refractivity contribution in [2.75, 3.05) is 7.11 Å². The van der Waals surface area contributed by atoms with Gasteiger partial charge in [0, 0.05) is 12.3 Å². The lowest BCUT2D eigenvalue weighted by Crippen LogP contribution is -2.46. The first kappa shape index (κ1) is 14.4. The Labute approximate surface area is 94.5 Å². The summed E-state index contributed by atoms with van der Waals surface area (Å²) in [7, 11) is 1.26. The number of hydrogen-bond donors (Lipinski definition) is 2. The van der Waals surface area contributed by atoms with Crippen LogP contribution in [0.2, 0.25) is 0 Å². The number of carbonyl (C=O) groups is 3. The van der Waals surface area contributed by atoms with Crippen LogP contribution in [-0.4, -0.2) is 30.9 Å². The summed E-state index contributed by atoms with van der Waals surface area (Å²) in [4.78, 5) is 33.2. The van der Waals surface area contributed by atoms with Gasteiger partial charge in [-0.1, -0.05) is 13.8 Å². The molecule has 0 rings (SSSR count). The molecule has 0 aromatic heterocycles. The van der Waals surface area contributed by atoms with Crippen LogP contribution in [0, 0.1) is 5.92 Å². The molecule has 3 N–H and O–H groups in total. The lowest BCUT2D eigenvalue weighted by molar-refractivity contribution is -0.141. The van der Waals surface area contributed by atoms with Crippen LogP contribution in [0.15, 0.2) is 0 Å². The number of primary amides is 1. The fourth-order valence-corrected chi connectivity index (χ4v) is 0.988. The monoisotopic (exact) mass is 230 g/mol. The zero-order chi connectivity index (χ0) is 12.7. The predicted molar refractivity (Wildman–Crippen MR) is 57.2 cm³/mol. The summed E-state index contributed by atoms with van der Waals surface area (Å²) in [6, 6.07) is -0.825. The first-order valence-electron chi connectivity index (χ1n) is 5.05. The Bertz CT molecular complexity index is 276. The van der Waals surface area contributed by atoms with Crippen LogP contribution >= 0.6 is 0 Å². The first-order chi connectivity index (χ1) is 7.38. The molecular weight excluding hydrogens is 212 g/mol. The molecule has 16 heavy (non-hydrogen) atoms. The van der Waals surface area contributed by atoms with E-state index >= 15 is 0 Å². The molecule has 0 aromatic rings. The Hall–Kier alpha value is -1.59. The molecule has 0 heterocycles.